The molecule has 7 nitrogen and oxygen atoms in total. The zero-order valence-corrected chi connectivity index (χ0v) is 20.4. The van der Waals surface area contributed by atoms with Gasteiger partial charge in [0.25, 0.3) is 0 Å². The van der Waals surface area contributed by atoms with Gasteiger partial charge >= 0.3 is 0 Å². The number of phenols is 1. The molecule has 2 aromatic rings. The first-order valence-corrected chi connectivity index (χ1v) is 14.4. The van der Waals surface area contributed by atoms with Crippen LogP contribution in [-0.4, -0.2) is 64.7 Å². The van der Waals surface area contributed by atoms with Crippen molar-refractivity contribution in [1.82, 2.24) is 9.21 Å². The summed E-state index contributed by atoms with van der Waals surface area (Å²) in [5.74, 6) is 1.27. The second-order valence-electron chi connectivity index (χ2n) is 11.6. The van der Waals surface area contributed by atoms with Gasteiger partial charge in [-0.1, -0.05) is 24.3 Å². The fourth-order valence-corrected chi connectivity index (χ4v) is 10.2. The third-order valence-electron chi connectivity index (χ3n) is 9.99. The van der Waals surface area contributed by atoms with Crippen molar-refractivity contribution in [2.45, 2.75) is 79.2 Å². The molecule has 0 unspecified atom stereocenters. The summed E-state index contributed by atoms with van der Waals surface area (Å²) in [5.41, 5.74) is 1.15. The Morgan fingerprint density at radius 1 is 1.06 bits per heavy atom. The number of fused-ring (bicyclic) bond motifs is 1. The Labute approximate surface area is 205 Å². The molecule has 3 aliphatic heterocycles. The van der Waals surface area contributed by atoms with Gasteiger partial charge in [0.2, 0.25) is 10.0 Å². The van der Waals surface area contributed by atoms with Crippen molar-refractivity contribution in [3.8, 4) is 11.5 Å². The Kier molecular flexibility index (Phi) is 3.96. The van der Waals surface area contributed by atoms with Crippen LogP contribution in [0.1, 0.15) is 48.8 Å². The molecule has 3 fully saturated rings. The molecular weight excluding hydrogens is 464 g/mol. The van der Waals surface area contributed by atoms with Crippen LogP contribution < -0.4 is 4.74 Å². The minimum absolute atomic E-state index is 0.0146. The van der Waals surface area contributed by atoms with Gasteiger partial charge in [-0.3, -0.25) is 4.90 Å². The van der Waals surface area contributed by atoms with Crippen molar-refractivity contribution in [2.75, 3.05) is 13.1 Å². The summed E-state index contributed by atoms with van der Waals surface area (Å²) in [6.45, 7) is 2.20. The summed E-state index contributed by atoms with van der Waals surface area (Å²) in [6, 6.07) is 10.5. The number of sulfonamides is 1. The van der Waals surface area contributed by atoms with Crippen LogP contribution in [0, 0.1) is 5.92 Å². The normalized spacial score (nSPS) is 38.6. The van der Waals surface area contributed by atoms with E-state index in [2.05, 4.69) is 4.90 Å². The smallest absolute Gasteiger partial charge is 0.244 e. The predicted octanol–water partition coefficient (Wildman–Crippen LogP) is 2.53. The third-order valence-corrected chi connectivity index (χ3v) is 12.0. The number of aromatic hydroxyl groups is 1. The van der Waals surface area contributed by atoms with Crippen LogP contribution in [0.5, 0.6) is 11.5 Å². The lowest BCUT2D eigenvalue weighted by atomic mass is 9.48. The van der Waals surface area contributed by atoms with Crippen LogP contribution >= 0.6 is 0 Å². The summed E-state index contributed by atoms with van der Waals surface area (Å²) in [5, 5.41) is 23.4. The molecule has 2 N–H and O–H groups in total. The van der Waals surface area contributed by atoms with E-state index in [0.717, 1.165) is 42.1 Å². The van der Waals surface area contributed by atoms with E-state index in [1.165, 1.54) is 12.8 Å². The molecule has 8 rings (SSSR count). The van der Waals surface area contributed by atoms with Crippen LogP contribution in [0.2, 0.25) is 0 Å². The fourth-order valence-electron chi connectivity index (χ4n) is 8.31. The van der Waals surface area contributed by atoms with Crippen molar-refractivity contribution >= 4 is 10.0 Å². The largest absolute Gasteiger partial charge is 0.504 e. The van der Waals surface area contributed by atoms with Crippen molar-refractivity contribution in [3.05, 3.63) is 53.1 Å². The van der Waals surface area contributed by atoms with Crippen molar-refractivity contribution in [1.29, 1.82) is 0 Å². The lowest BCUT2D eigenvalue weighted by molar-refractivity contribution is -0.196. The van der Waals surface area contributed by atoms with Gasteiger partial charge in [-0.2, -0.15) is 4.31 Å². The second kappa shape index (κ2) is 6.59. The number of benzene rings is 2. The number of hydrogen-bond acceptors (Lipinski definition) is 6. The van der Waals surface area contributed by atoms with Gasteiger partial charge in [-0.05, 0) is 74.2 Å². The monoisotopic (exact) mass is 494 g/mol. The lowest BCUT2D eigenvalue weighted by Crippen LogP contribution is -2.78. The second-order valence-corrected chi connectivity index (χ2v) is 13.4. The highest BCUT2D eigenvalue weighted by molar-refractivity contribution is 7.89. The highest BCUT2D eigenvalue weighted by atomic mass is 32.2. The highest BCUT2D eigenvalue weighted by Gasteiger charge is 2.74. The first-order valence-electron chi connectivity index (χ1n) is 12.9. The number of likely N-dealkylation sites (tertiary alicyclic amines) is 1. The van der Waals surface area contributed by atoms with Crippen LogP contribution in [0.4, 0.5) is 0 Å². The zero-order valence-electron chi connectivity index (χ0n) is 19.6. The summed E-state index contributed by atoms with van der Waals surface area (Å²) >= 11 is 0. The van der Waals surface area contributed by atoms with Crippen molar-refractivity contribution in [2.24, 2.45) is 5.92 Å². The molecule has 2 aromatic carbocycles. The fraction of sp³-hybridized carbons (Fsp3) is 0.556. The molecule has 1 saturated heterocycles. The average molecular weight is 495 g/mol. The number of aliphatic hydroxyl groups is 1. The molecule has 1 spiro atoms. The minimum atomic E-state index is -3.66. The van der Waals surface area contributed by atoms with Gasteiger partial charge in [0.1, 0.15) is 6.10 Å². The molecule has 0 amide bonds. The van der Waals surface area contributed by atoms with E-state index >= 15 is 0 Å². The molecular formula is C27H30N2O5S. The van der Waals surface area contributed by atoms with Crippen LogP contribution in [-0.2, 0) is 28.4 Å². The van der Waals surface area contributed by atoms with Gasteiger partial charge in [0.05, 0.1) is 22.0 Å². The quantitative estimate of drug-likeness (QED) is 0.682. The summed E-state index contributed by atoms with van der Waals surface area (Å²) < 4.78 is 35.5. The van der Waals surface area contributed by atoms with E-state index in [0.29, 0.717) is 36.5 Å². The van der Waals surface area contributed by atoms with E-state index in [9.17, 15) is 18.6 Å². The number of nitrogens with zero attached hydrogens (tertiary/aromatic N) is 2. The Hall–Kier alpha value is -2.13. The van der Waals surface area contributed by atoms with E-state index in [1.807, 2.05) is 18.2 Å². The summed E-state index contributed by atoms with van der Waals surface area (Å²) in [6.07, 6.45) is 4.51. The Bertz CT molecular complexity index is 1370. The SMILES string of the molecule is O=S1(=O)c2ccccc2CN1[C@@H]1CC[C@@]2(O)[C@H]3Cc4ccc(O)c5c4[C@@]2(CCN3CC2CC2)[C@H]1O5. The molecule has 3 aliphatic carbocycles. The molecule has 6 aliphatic rings. The minimum Gasteiger partial charge on any atom is -0.504 e. The van der Waals surface area contributed by atoms with E-state index in [4.69, 9.17) is 4.74 Å². The van der Waals surface area contributed by atoms with Crippen LogP contribution in [0.25, 0.3) is 0 Å². The molecule has 3 heterocycles. The maximum Gasteiger partial charge on any atom is 0.244 e. The molecule has 0 aromatic heterocycles. The maximum atomic E-state index is 13.7. The number of ether oxygens (including phenoxy) is 1. The molecule has 2 saturated carbocycles. The first kappa shape index (κ1) is 21.0. The molecule has 184 valence electrons. The van der Waals surface area contributed by atoms with Gasteiger partial charge in [-0.25, -0.2) is 8.42 Å². The van der Waals surface area contributed by atoms with Crippen molar-refractivity contribution < 1.29 is 23.4 Å². The van der Waals surface area contributed by atoms with E-state index in [-0.39, 0.29) is 11.8 Å². The molecule has 0 radical (unpaired) electrons. The van der Waals surface area contributed by atoms with Gasteiger partial charge in [-0.15, -0.1) is 0 Å². The number of hydrogen-bond donors (Lipinski definition) is 2. The van der Waals surface area contributed by atoms with Gasteiger partial charge in [0, 0.05) is 24.7 Å². The molecule has 5 atom stereocenters. The molecule has 8 heteroatoms. The number of phenolic OH excluding ortho intramolecular Hbond substituents is 1. The zero-order chi connectivity index (χ0) is 23.7. The van der Waals surface area contributed by atoms with Gasteiger partial charge < -0.3 is 14.9 Å². The summed E-state index contributed by atoms with van der Waals surface area (Å²) in [4.78, 5) is 2.87. The standard InChI is InChI=1S/C27H30N2O5S/c30-20-8-7-17-13-22-27(31)10-9-19(29-15-18-3-1-2-4-21(18)35(29,32)33)25-26(27,23(17)24(20)34-25)11-12-28(22)14-16-5-6-16/h1-4,7-8,16,19,22,25,30-31H,5-6,9-15H2/t19-,22-,25+,26+,27-/m1/s1. The average Bonchev–Trinajstić information content (AvgIpc) is 3.52. The number of piperidine rings is 1. The Morgan fingerprint density at radius 2 is 1.89 bits per heavy atom. The third kappa shape index (κ3) is 2.44. The van der Waals surface area contributed by atoms with Gasteiger partial charge in [0.15, 0.2) is 11.5 Å². The van der Waals surface area contributed by atoms with Crippen LogP contribution in [0.3, 0.4) is 0 Å². The Balaban J connectivity index is 1.28. The van der Waals surface area contributed by atoms with Crippen LogP contribution in [0.15, 0.2) is 41.3 Å². The Morgan fingerprint density at radius 3 is 2.69 bits per heavy atom. The predicted molar refractivity (Wildman–Crippen MR) is 128 cm³/mol. The first-order chi connectivity index (χ1) is 16.8. The van der Waals surface area contributed by atoms with E-state index < -0.39 is 33.2 Å². The van der Waals surface area contributed by atoms with E-state index in [1.54, 1.807) is 22.5 Å². The summed E-state index contributed by atoms with van der Waals surface area (Å²) in [7, 11) is -3.66. The number of rotatable bonds is 3. The highest BCUT2D eigenvalue weighted by Crippen LogP contribution is 2.66. The lowest BCUT2D eigenvalue weighted by Gasteiger charge is -2.64. The topological polar surface area (TPSA) is 90.3 Å². The molecule has 2 bridgehead atoms. The maximum absolute atomic E-state index is 13.7. The van der Waals surface area contributed by atoms with Crippen molar-refractivity contribution in [3.63, 3.8) is 0 Å². The molecule has 35 heavy (non-hydrogen) atoms.